The summed E-state index contributed by atoms with van der Waals surface area (Å²) >= 11 is 1.71. The molecule has 4 heteroatoms. The minimum absolute atomic E-state index is 0.401. The van der Waals surface area contributed by atoms with E-state index in [2.05, 4.69) is 64.3 Å². The van der Waals surface area contributed by atoms with Crippen LogP contribution in [0.1, 0.15) is 29.7 Å². The van der Waals surface area contributed by atoms with Gasteiger partial charge in [-0.25, -0.2) is 4.98 Å². The summed E-state index contributed by atoms with van der Waals surface area (Å²) in [5.74, 6) is 0. The zero-order valence-electron chi connectivity index (χ0n) is 16.0. The summed E-state index contributed by atoms with van der Waals surface area (Å²) in [5.41, 5.74) is 9.83. The van der Waals surface area contributed by atoms with Crippen LogP contribution in [-0.4, -0.2) is 28.0 Å². The van der Waals surface area contributed by atoms with E-state index in [1.807, 2.05) is 24.0 Å². The van der Waals surface area contributed by atoms with Crippen molar-refractivity contribution >= 4 is 21.6 Å². The van der Waals surface area contributed by atoms with Gasteiger partial charge in [-0.15, -0.1) is 11.3 Å². The molecule has 0 saturated carbocycles. The zero-order valence-corrected chi connectivity index (χ0v) is 16.8. The molecule has 4 aromatic rings. The minimum Gasteiger partial charge on any atom is -0.296 e. The lowest BCUT2D eigenvalue weighted by atomic mass is 9.97. The lowest BCUT2D eigenvalue weighted by Crippen LogP contribution is -2.29. The van der Waals surface area contributed by atoms with Crippen molar-refractivity contribution in [3.8, 4) is 11.1 Å². The summed E-state index contributed by atoms with van der Waals surface area (Å²) in [5, 5.41) is 0. The summed E-state index contributed by atoms with van der Waals surface area (Å²) < 4.78 is 1.27. The molecule has 0 unspecified atom stereocenters. The van der Waals surface area contributed by atoms with Crippen molar-refractivity contribution in [1.29, 1.82) is 0 Å². The molecule has 0 radical (unpaired) electrons. The average Bonchev–Trinajstić information content (AvgIpc) is 3.12. The molecule has 1 aliphatic heterocycles. The van der Waals surface area contributed by atoms with Crippen LogP contribution in [0.25, 0.3) is 21.3 Å². The lowest BCUT2D eigenvalue weighted by Gasteiger charge is -2.28. The molecule has 1 aliphatic rings. The molecule has 140 valence electrons. The van der Waals surface area contributed by atoms with E-state index in [0.29, 0.717) is 6.04 Å². The van der Waals surface area contributed by atoms with Gasteiger partial charge in [0.15, 0.2) is 0 Å². The molecule has 0 saturated heterocycles. The monoisotopic (exact) mass is 385 g/mol. The zero-order chi connectivity index (χ0) is 18.9. The van der Waals surface area contributed by atoms with E-state index in [1.165, 1.54) is 32.5 Å². The highest BCUT2D eigenvalue weighted by Gasteiger charge is 2.20. The normalized spacial score (nSPS) is 15.9. The third kappa shape index (κ3) is 3.34. The van der Waals surface area contributed by atoms with Gasteiger partial charge in [-0.05, 0) is 65.8 Å². The fourth-order valence-corrected chi connectivity index (χ4v) is 4.85. The molecule has 3 nitrogen and oxygen atoms in total. The SMILES string of the molecule is C[C@@H](c1ccc2scnc2c1)N1CCc2ccc(-c3cccnc3)cc2CC1. The molecule has 28 heavy (non-hydrogen) atoms. The highest BCUT2D eigenvalue weighted by atomic mass is 32.1. The first-order valence-corrected chi connectivity index (χ1v) is 10.8. The predicted molar refractivity (Wildman–Crippen MR) is 117 cm³/mol. The van der Waals surface area contributed by atoms with Gasteiger partial charge in [0, 0.05) is 31.5 Å². The van der Waals surface area contributed by atoms with Gasteiger partial charge < -0.3 is 0 Å². The lowest BCUT2D eigenvalue weighted by molar-refractivity contribution is 0.221. The summed E-state index contributed by atoms with van der Waals surface area (Å²) in [7, 11) is 0. The molecule has 2 aromatic heterocycles. The van der Waals surface area contributed by atoms with E-state index in [-0.39, 0.29) is 0 Å². The first kappa shape index (κ1) is 17.5. The van der Waals surface area contributed by atoms with E-state index >= 15 is 0 Å². The summed E-state index contributed by atoms with van der Waals surface area (Å²) in [6, 6.07) is 18.2. The van der Waals surface area contributed by atoms with Crippen LogP contribution in [0.5, 0.6) is 0 Å². The topological polar surface area (TPSA) is 29.0 Å². The molecule has 0 amide bonds. The van der Waals surface area contributed by atoms with E-state index < -0.39 is 0 Å². The quantitative estimate of drug-likeness (QED) is 0.465. The van der Waals surface area contributed by atoms with Gasteiger partial charge in [0.25, 0.3) is 0 Å². The maximum Gasteiger partial charge on any atom is 0.0815 e. The number of rotatable bonds is 3. The largest absolute Gasteiger partial charge is 0.296 e. The maximum atomic E-state index is 4.49. The fraction of sp³-hybridized carbons (Fsp3) is 0.250. The Morgan fingerprint density at radius 3 is 2.71 bits per heavy atom. The van der Waals surface area contributed by atoms with Crippen molar-refractivity contribution in [3.63, 3.8) is 0 Å². The number of hydrogen-bond acceptors (Lipinski definition) is 4. The first-order valence-electron chi connectivity index (χ1n) is 9.87. The standard InChI is InChI=1S/C24H23N3S/c1-17(19-6-7-24-23(14-19)26-16-28-24)27-11-8-18-4-5-20(13-21(18)9-12-27)22-3-2-10-25-15-22/h2-7,10,13-17H,8-9,11-12H2,1H3/t17-/m0/s1. The van der Waals surface area contributed by atoms with Gasteiger partial charge in [0.05, 0.1) is 15.7 Å². The number of nitrogens with zero attached hydrogens (tertiary/aromatic N) is 3. The summed E-state index contributed by atoms with van der Waals surface area (Å²) in [4.78, 5) is 11.4. The van der Waals surface area contributed by atoms with Gasteiger partial charge in [-0.2, -0.15) is 0 Å². The van der Waals surface area contributed by atoms with Crippen LogP contribution in [0, 0.1) is 0 Å². The average molecular weight is 386 g/mol. The fourth-order valence-electron chi connectivity index (χ4n) is 4.19. The highest BCUT2D eigenvalue weighted by Crippen LogP contribution is 2.29. The Hall–Kier alpha value is -2.56. The minimum atomic E-state index is 0.401. The number of thiazole rings is 1. The second-order valence-electron chi connectivity index (χ2n) is 7.52. The van der Waals surface area contributed by atoms with Crippen LogP contribution >= 0.6 is 11.3 Å². The first-order chi connectivity index (χ1) is 13.8. The van der Waals surface area contributed by atoms with Crippen LogP contribution in [0.3, 0.4) is 0 Å². The van der Waals surface area contributed by atoms with Crippen LogP contribution < -0.4 is 0 Å². The Bertz CT molecular complexity index is 1100. The van der Waals surface area contributed by atoms with E-state index in [4.69, 9.17) is 0 Å². The Morgan fingerprint density at radius 2 is 1.86 bits per heavy atom. The second-order valence-corrected chi connectivity index (χ2v) is 8.40. The smallest absolute Gasteiger partial charge is 0.0815 e. The number of aromatic nitrogens is 2. The Labute approximate surface area is 169 Å². The van der Waals surface area contributed by atoms with Crippen LogP contribution in [-0.2, 0) is 12.8 Å². The van der Waals surface area contributed by atoms with Gasteiger partial charge >= 0.3 is 0 Å². The van der Waals surface area contributed by atoms with Crippen molar-refractivity contribution in [2.24, 2.45) is 0 Å². The Balaban J connectivity index is 1.37. The van der Waals surface area contributed by atoms with Crippen molar-refractivity contribution in [2.45, 2.75) is 25.8 Å². The van der Waals surface area contributed by atoms with Crippen LogP contribution in [0.2, 0.25) is 0 Å². The number of pyridine rings is 1. The molecular formula is C24H23N3S. The van der Waals surface area contributed by atoms with Gasteiger partial charge in [0.1, 0.15) is 0 Å². The van der Waals surface area contributed by atoms with Crippen molar-refractivity contribution in [2.75, 3.05) is 13.1 Å². The van der Waals surface area contributed by atoms with E-state index in [9.17, 15) is 0 Å². The van der Waals surface area contributed by atoms with Crippen molar-refractivity contribution in [1.82, 2.24) is 14.9 Å². The van der Waals surface area contributed by atoms with E-state index in [1.54, 1.807) is 11.3 Å². The van der Waals surface area contributed by atoms with E-state index in [0.717, 1.165) is 31.4 Å². The molecule has 1 atom stereocenters. The van der Waals surface area contributed by atoms with Crippen molar-refractivity contribution in [3.05, 3.63) is 83.1 Å². The summed E-state index contributed by atoms with van der Waals surface area (Å²) in [6.07, 6.45) is 5.97. The highest BCUT2D eigenvalue weighted by molar-refractivity contribution is 7.16. The van der Waals surface area contributed by atoms with Crippen LogP contribution in [0.15, 0.2) is 66.4 Å². The third-order valence-corrected chi connectivity index (χ3v) is 6.73. The second kappa shape index (κ2) is 7.46. The molecule has 0 spiro atoms. The number of fused-ring (bicyclic) bond motifs is 2. The van der Waals surface area contributed by atoms with Gasteiger partial charge in [-0.3, -0.25) is 9.88 Å². The predicted octanol–water partition coefficient (Wildman–Crippen LogP) is 5.52. The van der Waals surface area contributed by atoms with Crippen molar-refractivity contribution < 1.29 is 0 Å². The molecular weight excluding hydrogens is 362 g/mol. The molecule has 0 bridgehead atoms. The molecule has 2 aromatic carbocycles. The van der Waals surface area contributed by atoms with Gasteiger partial charge in [-0.1, -0.05) is 30.3 Å². The molecule has 3 heterocycles. The van der Waals surface area contributed by atoms with Crippen LogP contribution in [0.4, 0.5) is 0 Å². The summed E-state index contributed by atoms with van der Waals surface area (Å²) in [6.45, 7) is 4.50. The molecule has 5 rings (SSSR count). The van der Waals surface area contributed by atoms with Gasteiger partial charge in [0.2, 0.25) is 0 Å². The Kier molecular flexibility index (Phi) is 4.67. The molecule has 0 fully saturated rings. The maximum absolute atomic E-state index is 4.49. The molecule has 0 aliphatic carbocycles. The molecule has 0 N–H and O–H groups in total. The Morgan fingerprint density at radius 1 is 0.964 bits per heavy atom. The number of hydrogen-bond donors (Lipinski definition) is 0. The third-order valence-electron chi connectivity index (χ3n) is 5.92. The number of benzene rings is 2.